The lowest BCUT2D eigenvalue weighted by Crippen LogP contribution is -2.34. The van der Waals surface area contributed by atoms with Crippen LogP contribution >= 0.6 is 0 Å². The van der Waals surface area contributed by atoms with Crippen LogP contribution in [-0.2, 0) is 16.6 Å². The Kier molecular flexibility index (Phi) is 7.74. The van der Waals surface area contributed by atoms with Crippen LogP contribution in [0.15, 0.2) is 50.0 Å². The summed E-state index contributed by atoms with van der Waals surface area (Å²) < 4.78 is 7.04. The Morgan fingerprint density at radius 2 is 1.97 bits per heavy atom. The predicted molar refractivity (Wildman–Crippen MR) is 121 cm³/mol. The first-order chi connectivity index (χ1) is 14.6. The zero-order valence-electron chi connectivity index (χ0n) is 18.8. The van der Waals surface area contributed by atoms with E-state index in [1.807, 2.05) is 26.8 Å². The third-order valence-electron chi connectivity index (χ3n) is 4.49. The standard InChI is InChI=1S/C23H31N5O3/c1-8-10-18(27-22(30)31-23(4,5)6)16-11-17(13-24-12-16)20-19(14-25-28(20)7)26-21(29)15(3)9-2/h8-9,11-15,18H,1-2,10H2,3-7H3,(H,26,29)(H,27,30)/t15-,18?/m1/s1. The molecule has 0 spiro atoms. The molecule has 0 radical (unpaired) electrons. The minimum absolute atomic E-state index is 0.176. The van der Waals surface area contributed by atoms with Gasteiger partial charge in [-0.2, -0.15) is 5.10 Å². The second-order valence-electron chi connectivity index (χ2n) is 8.27. The maximum atomic E-state index is 12.3. The maximum absolute atomic E-state index is 12.3. The number of carbonyl (C=O) groups is 2. The van der Waals surface area contributed by atoms with Gasteiger partial charge in [0.2, 0.25) is 5.91 Å². The van der Waals surface area contributed by atoms with Crippen molar-refractivity contribution in [2.75, 3.05) is 5.32 Å². The first-order valence-electron chi connectivity index (χ1n) is 10.1. The largest absolute Gasteiger partial charge is 0.444 e. The Bertz CT molecular complexity index is 958. The van der Waals surface area contributed by atoms with Gasteiger partial charge in [-0.3, -0.25) is 14.5 Å². The Hall–Kier alpha value is -3.42. The van der Waals surface area contributed by atoms with Crippen LogP contribution in [0, 0.1) is 5.92 Å². The highest BCUT2D eigenvalue weighted by Gasteiger charge is 2.22. The van der Waals surface area contributed by atoms with E-state index >= 15 is 0 Å². The van der Waals surface area contributed by atoms with Crippen molar-refractivity contribution < 1.29 is 14.3 Å². The fourth-order valence-electron chi connectivity index (χ4n) is 2.90. The molecule has 8 heteroatoms. The number of nitrogens with zero attached hydrogens (tertiary/aromatic N) is 3. The molecule has 2 rings (SSSR count). The number of nitrogens with one attached hydrogen (secondary N) is 2. The second-order valence-corrected chi connectivity index (χ2v) is 8.27. The molecule has 0 saturated heterocycles. The van der Waals surface area contributed by atoms with E-state index in [-0.39, 0.29) is 17.9 Å². The van der Waals surface area contributed by atoms with E-state index in [2.05, 4.69) is 33.9 Å². The van der Waals surface area contributed by atoms with Gasteiger partial charge in [0.1, 0.15) is 5.60 Å². The molecule has 0 aliphatic heterocycles. The summed E-state index contributed by atoms with van der Waals surface area (Å²) >= 11 is 0. The van der Waals surface area contributed by atoms with E-state index in [1.54, 1.807) is 49.4 Å². The van der Waals surface area contributed by atoms with Crippen LogP contribution in [0.25, 0.3) is 11.3 Å². The lowest BCUT2D eigenvalue weighted by molar-refractivity contribution is -0.118. The SMILES string of the molecule is C=CCC(NC(=O)OC(C)(C)C)c1cncc(-c2c(NC(=O)[C@H](C)C=C)cnn2C)c1. The van der Waals surface area contributed by atoms with E-state index < -0.39 is 11.7 Å². The van der Waals surface area contributed by atoms with Gasteiger partial charge in [-0.25, -0.2) is 4.79 Å². The summed E-state index contributed by atoms with van der Waals surface area (Å²) in [6.07, 6.45) is 8.24. The summed E-state index contributed by atoms with van der Waals surface area (Å²) in [5, 5.41) is 10.0. The number of aryl methyl sites for hydroxylation is 1. The van der Waals surface area contributed by atoms with Crippen LogP contribution in [0.1, 0.15) is 45.7 Å². The molecule has 2 aromatic heterocycles. The van der Waals surface area contributed by atoms with Crippen molar-refractivity contribution in [3.63, 3.8) is 0 Å². The number of ether oxygens (including phenoxy) is 1. The highest BCUT2D eigenvalue weighted by molar-refractivity contribution is 5.96. The molecule has 31 heavy (non-hydrogen) atoms. The fraction of sp³-hybridized carbons (Fsp3) is 0.391. The topological polar surface area (TPSA) is 98.1 Å². The van der Waals surface area contributed by atoms with Crippen molar-refractivity contribution in [2.45, 2.75) is 45.8 Å². The molecule has 2 heterocycles. The molecule has 2 atom stereocenters. The third kappa shape index (κ3) is 6.53. The van der Waals surface area contributed by atoms with Gasteiger partial charge in [0.15, 0.2) is 0 Å². The molecule has 2 amide bonds. The van der Waals surface area contributed by atoms with Gasteiger partial charge in [0.05, 0.1) is 29.5 Å². The van der Waals surface area contributed by atoms with Gasteiger partial charge in [0.25, 0.3) is 0 Å². The first kappa shape index (κ1) is 23.9. The van der Waals surface area contributed by atoms with Crippen LogP contribution in [0.3, 0.4) is 0 Å². The Balaban J connectivity index is 2.34. The van der Waals surface area contributed by atoms with Crippen molar-refractivity contribution >= 4 is 17.7 Å². The first-order valence-corrected chi connectivity index (χ1v) is 10.1. The van der Waals surface area contributed by atoms with Crippen molar-refractivity contribution in [2.24, 2.45) is 13.0 Å². The molecule has 0 aliphatic carbocycles. The molecule has 2 aromatic rings. The van der Waals surface area contributed by atoms with Crippen LogP contribution in [0.5, 0.6) is 0 Å². The van der Waals surface area contributed by atoms with Crippen LogP contribution < -0.4 is 10.6 Å². The Labute approximate surface area is 183 Å². The van der Waals surface area contributed by atoms with Crippen molar-refractivity contribution in [3.8, 4) is 11.3 Å². The molecule has 0 aliphatic rings. The average molecular weight is 426 g/mol. The van der Waals surface area contributed by atoms with Gasteiger partial charge in [-0.05, 0) is 38.8 Å². The summed E-state index contributed by atoms with van der Waals surface area (Å²) in [6, 6.07) is 1.54. The lowest BCUT2D eigenvalue weighted by atomic mass is 10.0. The molecule has 2 N–H and O–H groups in total. The van der Waals surface area contributed by atoms with Gasteiger partial charge < -0.3 is 15.4 Å². The summed E-state index contributed by atoms with van der Waals surface area (Å²) in [4.78, 5) is 29.0. The second kappa shape index (κ2) is 10.1. The Morgan fingerprint density at radius 1 is 1.26 bits per heavy atom. The van der Waals surface area contributed by atoms with Gasteiger partial charge in [-0.15, -0.1) is 13.2 Å². The molecule has 0 fully saturated rings. The minimum atomic E-state index is -0.604. The lowest BCUT2D eigenvalue weighted by Gasteiger charge is -2.23. The fourth-order valence-corrected chi connectivity index (χ4v) is 2.90. The molecule has 0 saturated carbocycles. The number of hydrogen-bond acceptors (Lipinski definition) is 5. The molecule has 8 nitrogen and oxygen atoms in total. The zero-order valence-corrected chi connectivity index (χ0v) is 18.8. The number of amides is 2. The van der Waals surface area contributed by atoms with Crippen LogP contribution in [-0.4, -0.2) is 32.4 Å². The van der Waals surface area contributed by atoms with Gasteiger partial charge >= 0.3 is 6.09 Å². The average Bonchev–Trinajstić information content (AvgIpc) is 3.05. The van der Waals surface area contributed by atoms with Crippen molar-refractivity contribution in [1.82, 2.24) is 20.1 Å². The zero-order chi connectivity index (χ0) is 23.2. The number of hydrogen-bond donors (Lipinski definition) is 2. The normalized spacial score (nSPS) is 13.1. The number of alkyl carbamates (subject to hydrolysis) is 1. The number of anilines is 1. The summed E-state index contributed by atoms with van der Waals surface area (Å²) in [5.41, 5.74) is 2.20. The van der Waals surface area contributed by atoms with Crippen molar-refractivity contribution in [3.05, 3.63) is 55.5 Å². The summed E-state index contributed by atoms with van der Waals surface area (Å²) in [5.74, 6) is -0.517. The van der Waals surface area contributed by atoms with Crippen molar-refractivity contribution in [1.29, 1.82) is 0 Å². The quantitative estimate of drug-likeness (QED) is 0.612. The maximum Gasteiger partial charge on any atom is 0.408 e. The van der Waals surface area contributed by atoms with Gasteiger partial charge in [-0.1, -0.05) is 19.1 Å². The van der Waals surface area contributed by atoms with Crippen LogP contribution in [0.2, 0.25) is 0 Å². The smallest absolute Gasteiger partial charge is 0.408 e. The van der Waals surface area contributed by atoms with E-state index in [0.29, 0.717) is 17.8 Å². The molecular weight excluding hydrogens is 394 g/mol. The minimum Gasteiger partial charge on any atom is -0.444 e. The molecular formula is C23H31N5O3. The third-order valence-corrected chi connectivity index (χ3v) is 4.49. The van der Waals surface area contributed by atoms with Crippen LogP contribution in [0.4, 0.5) is 10.5 Å². The van der Waals surface area contributed by atoms with Gasteiger partial charge in [0, 0.05) is 25.0 Å². The number of aromatic nitrogens is 3. The number of rotatable bonds is 8. The molecule has 0 bridgehead atoms. The summed E-state index contributed by atoms with van der Waals surface area (Å²) in [7, 11) is 1.79. The molecule has 166 valence electrons. The van der Waals surface area contributed by atoms with E-state index in [9.17, 15) is 9.59 Å². The highest BCUT2D eigenvalue weighted by atomic mass is 16.6. The Morgan fingerprint density at radius 3 is 2.58 bits per heavy atom. The highest BCUT2D eigenvalue weighted by Crippen LogP contribution is 2.30. The monoisotopic (exact) mass is 425 g/mol. The van der Waals surface area contributed by atoms with E-state index in [1.165, 1.54) is 0 Å². The number of carbonyl (C=O) groups excluding carboxylic acids is 2. The van der Waals surface area contributed by atoms with E-state index in [0.717, 1.165) is 11.1 Å². The molecule has 0 aromatic carbocycles. The predicted octanol–water partition coefficient (Wildman–Crippen LogP) is 4.38. The summed E-state index contributed by atoms with van der Waals surface area (Å²) in [6.45, 7) is 14.6. The molecule has 1 unspecified atom stereocenters. The number of pyridine rings is 1. The van der Waals surface area contributed by atoms with E-state index in [4.69, 9.17) is 4.74 Å².